The van der Waals surface area contributed by atoms with Gasteiger partial charge in [-0.05, 0) is 141 Å². The Labute approximate surface area is 518 Å². The summed E-state index contributed by atoms with van der Waals surface area (Å²) in [5.74, 6) is 0.294. The molecule has 11 heteroatoms. The Hall–Kier alpha value is -9.41. The normalized spacial score (nSPS) is 11.5. The van der Waals surface area contributed by atoms with Crippen LogP contribution < -0.4 is 0 Å². The number of benzene rings is 10. The minimum atomic E-state index is -0.0155. The van der Waals surface area contributed by atoms with Gasteiger partial charge in [-0.1, -0.05) is 144 Å². The van der Waals surface area contributed by atoms with Gasteiger partial charge in [0.1, 0.15) is 21.5 Å². The van der Waals surface area contributed by atoms with Gasteiger partial charge in [0, 0.05) is 71.5 Å². The first-order chi connectivity index (χ1) is 40.6. The molecular formula is C74H57N6O2PtS2-. The van der Waals surface area contributed by atoms with Gasteiger partial charge in [-0.2, -0.15) is 10.5 Å². The second-order valence-electron chi connectivity index (χ2n) is 22.4. The average Bonchev–Trinajstić information content (AvgIpc) is 2.77. The van der Waals surface area contributed by atoms with Gasteiger partial charge in [0.25, 0.3) is 0 Å². The van der Waals surface area contributed by atoms with E-state index in [-0.39, 0.29) is 43.4 Å². The third-order valence-corrected chi connectivity index (χ3v) is 16.6. The van der Waals surface area contributed by atoms with E-state index in [1.165, 1.54) is 11.1 Å². The Kier molecular flexibility index (Phi) is 17.4. The molecule has 0 saturated heterocycles. The first-order valence-corrected chi connectivity index (χ1v) is 29.1. The van der Waals surface area contributed by atoms with Crippen LogP contribution >= 0.6 is 22.7 Å². The van der Waals surface area contributed by atoms with E-state index < -0.39 is 0 Å². The predicted octanol–water partition coefficient (Wildman–Crippen LogP) is 19.6. The number of aromatic hydroxyl groups is 2. The van der Waals surface area contributed by atoms with Crippen LogP contribution in [-0.2, 0) is 31.9 Å². The van der Waals surface area contributed by atoms with Crippen molar-refractivity contribution < 1.29 is 31.3 Å². The van der Waals surface area contributed by atoms with E-state index in [1.54, 1.807) is 71.5 Å². The molecule has 0 aliphatic heterocycles. The van der Waals surface area contributed by atoms with Crippen molar-refractivity contribution in [2.45, 2.75) is 52.4 Å². The fraction of sp³-hybridized carbons (Fsp3) is 0.108. The van der Waals surface area contributed by atoms with Gasteiger partial charge in [-0.3, -0.25) is 9.98 Å². The molecule has 0 saturated carbocycles. The van der Waals surface area contributed by atoms with Crippen LogP contribution in [-0.4, -0.2) is 32.6 Å². The summed E-state index contributed by atoms with van der Waals surface area (Å²) in [6.07, 6.45) is 3.39. The maximum absolute atomic E-state index is 10.6. The van der Waals surface area contributed by atoms with E-state index in [1.807, 2.05) is 121 Å². The molecule has 12 rings (SSSR count). The summed E-state index contributed by atoms with van der Waals surface area (Å²) in [5, 5.41) is 41.2. The summed E-state index contributed by atoms with van der Waals surface area (Å²) < 4.78 is 2.26. The Balaban J connectivity index is 0.000000187. The monoisotopic (exact) mass is 1320 g/mol. The summed E-state index contributed by atoms with van der Waals surface area (Å²) in [4.78, 5) is 19.9. The number of nitriles is 2. The second-order valence-corrected chi connectivity index (χ2v) is 24.5. The molecule has 0 unspecified atom stereocenters. The molecule has 85 heavy (non-hydrogen) atoms. The molecule has 0 atom stereocenters. The summed E-state index contributed by atoms with van der Waals surface area (Å²) in [6.45, 7) is 13.4. The number of nitrogens with zero attached hydrogens (tertiary/aromatic N) is 6. The predicted molar refractivity (Wildman–Crippen MR) is 348 cm³/mol. The summed E-state index contributed by atoms with van der Waals surface area (Å²) in [6, 6.07) is 76.7. The molecule has 418 valence electrons. The third kappa shape index (κ3) is 13.2. The number of aromatic nitrogens is 2. The molecule has 0 aliphatic carbocycles. The van der Waals surface area contributed by atoms with Crippen LogP contribution in [0.3, 0.4) is 0 Å². The van der Waals surface area contributed by atoms with E-state index in [4.69, 9.17) is 30.5 Å². The van der Waals surface area contributed by atoms with Gasteiger partial charge in [0.2, 0.25) is 0 Å². The summed E-state index contributed by atoms with van der Waals surface area (Å²) in [7, 11) is 0. The SMILES string of the molecule is CC(C)(C)c1cc(-c2[c-]cccc2)c2nc(-c3ccccc3N=Cc3cc(-c4ccc(C#N)cc4)ccc3O)sc2c1.CC(C)(C)c1cc(-c2ccccc2)c2nc(-c3ccccc3N=Cc3cc(-c4ccc(C#N)cc4)ccc3O)sc2c1.[Pt]. The van der Waals surface area contributed by atoms with Crippen molar-refractivity contribution in [2.24, 2.45) is 9.98 Å². The van der Waals surface area contributed by atoms with Crippen LogP contribution in [0.25, 0.3) is 86.1 Å². The Morgan fingerprint density at radius 2 is 0.871 bits per heavy atom. The molecule has 0 spiro atoms. The van der Waals surface area contributed by atoms with E-state index in [0.29, 0.717) is 22.3 Å². The number of fused-ring (bicyclic) bond motifs is 2. The molecule has 0 aliphatic rings. The van der Waals surface area contributed by atoms with E-state index in [2.05, 4.69) is 114 Å². The standard InChI is InChI=1S/C37H29N3OS.C37H28N3OS.Pt/c2*1-37(2,3)29-20-31(26-9-5-4-6-10-26)35-34(21-29)42-36(40-35)30-11-7-8-12-32(30)39-23-28-19-27(17-18-33(28)41)25-15-13-24(22-38)14-16-25;/h4-21,23,41H,1-3H3;4-9,11-21,23,41H,1-3H3;/q;-1;. The molecule has 0 radical (unpaired) electrons. The van der Waals surface area contributed by atoms with Gasteiger partial charge in [-0.15, -0.1) is 58.6 Å². The zero-order valence-electron chi connectivity index (χ0n) is 47.6. The van der Waals surface area contributed by atoms with Crippen LogP contribution in [0, 0.1) is 28.7 Å². The van der Waals surface area contributed by atoms with Crippen LogP contribution in [0.2, 0.25) is 0 Å². The van der Waals surface area contributed by atoms with Crippen molar-refractivity contribution >= 4 is 66.9 Å². The van der Waals surface area contributed by atoms with Gasteiger partial charge >= 0.3 is 0 Å². The molecule has 2 N–H and O–H groups in total. The molecule has 8 nitrogen and oxygen atoms in total. The zero-order chi connectivity index (χ0) is 58.5. The average molecular weight is 1320 g/mol. The number of hydrogen-bond acceptors (Lipinski definition) is 10. The van der Waals surface area contributed by atoms with Crippen molar-refractivity contribution in [3.63, 3.8) is 0 Å². The van der Waals surface area contributed by atoms with Crippen molar-refractivity contribution in [1.29, 1.82) is 10.5 Å². The topological polar surface area (TPSA) is 139 Å². The number of thiazole rings is 2. The van der Waals surface area contributed by atoms with E-state index in [0.717, 1.165) is 97.5 Å². The minimum Gasteiger partial charge on any atom is -0.507 e. The van der Waals surface area contributed by atoms with Crippen molar-refractivity contribution in [1.82, 2.24) is 9.97 Å². The Morgan fingerprint density at radius 3 is 1.32 bits per heavy atom. The number of hydrogen-bond donors (Lipinski definition) is 2. The number of phenolic OH excluding ortho intramolecular Hbond substituents is 2. The third-order valence-electron chi connectivity index (χ3n) is 14.5. The number of phenols is 2. The molecule has 0 bridgehead atoms. The van der Waals surface area contributed by atoms with Gasteiger partial charge in [-0.25, -0.2) is 9.97 Å². The van der Waals surface area contributed by atoms with Crippen LogP contribution in [0.15, 0.2) is 222 Å². The van der Waals surface area contributed by atoms with Crippen LogP contribution in [0.1, 0.15) is 74.9 Å². The fourth-order valence-electron chi connectivity index (χ4n) is 9.72. The quantitative estimate of drug-likeness (QED) is 0.103. The van der Waals surface area contributed by atoms with Gasteiger partial charge in [0.05, 0.1) is 44.9 Å². The van der Waals surface area contributed by atoms with E-state index >= 15 is 0 Å². The molecule has 0 amide bonds. The molecule has 10 aromatic carbocycles. The molecule has 2 heterocycles. The molecular weight excluding hydrogens is 1260 g/mol. The number of para-hydroxylation sites is 2. The number of rotatable bonds is 10. The van der Waals surface area contributed by atoms with Crippen molar-refractivity contribution in [3.8, 4) is 89.3 Å². The maximum Gasteiger partial charge on any atom is 0.126 e. The molecule has 2 aromatic heterocycles. The maximum atomic E-state index is 10.6. The van der Waals surface area contributed by atoms with E-state index in [9.17, 15) is 10.2 Å². The Morgan fingerprint density at radius 1 is 0.447 bits per heavy atom. The zero-order valence-corrected chi connectivity index (χ0v) is 51.5. The number of aliphatic imine (C=N–C) groups is 2. The fourth-order valence-corrected chi connectivity index (χ4v) is 11.9. The van der Waals surface area contributed by atoms with Gasteiger partial charge < -0.3 is 10.2 Å². The smallest absolute Gasteiger partial charge is 0.126 e. The van der Waals surface area contributed by atoms with Crippen LogP contribution in [0.5, 0.6) is 11.5 Å². The van der Waals surface area contributed by atoms with Gasteiger partial charge in [0.15, 0.2) is 0 Å². The van der Waals surface area contributed by atoms with Crippen molar-refractivity contribution in [2.75, 3.05) is 0 Å². The summed E-state index contributed by atoms with van der Waals surface area (Å²) >= 11 is 3.33. The molecule has 12 aromatic rings. The largest absolute Gasteiger partial charge is 0.507 e. The first kappa shape index (κ1) is 58.8. The van der Waals surface area contributed by atoms with Crippen LogP contribution in [0.4, 0.5) is 11.4 Å². The summed E-state index contributed by atoms with van der Waals surface area (Å²) in [5.41, 5.74) is 18.4. The second kappa shape index (κ2) is 25.2. The Bertz CT molecular complexity index is 4250. The van der Waals surface area contributed by atoms with Crippen molar-refractivity contribution in [3.05, 3.63) is 252 Å². The molecule has 0 fully saturated rings. The minimum absolute atomic E-state index is 0. The first-order valence-electron chi connectivity index (χ1n) is 27.5.